The van der Waals surface area contributed by atoms with Crippen LogP contribution in [0.25, 0.3) is 11.1 Å². The molecule has 0 saturated carbocycles. The van der Waals surface area contributed by atoms with Gasteiger partial charge in [0, 0.05) is 31.4 Å². The van der Waals surface area contributed by atoms with E-state index >= 15 is 0 Å². The number of rotatable bonds is 10. The average Bonchev–Trinajstić information content (AvgIpc) is 3.45. The number of carbonyl (C=O) groups is 3. The summed E-state index contributed by atoms with van der Waals surface area (Å²) < 4.78 is 11.2. The van der Waals surface area contributed by atoms with E-state index in [0.717, 1.165) is 35.1 Å². The molecule has 3 N–H and O–H groups in total. The molecule has 0 aromatic heterocycles. The van der Waals surface area contributed by atoms with Crippen molar-refractivity contribution < 1.29 is 29.0 Å². The lowest BCUT2D eigenvalue weighted by atomic mass is 9.98. The summed E-state index contributed by atoms with van der Waals surface area (Å²) in [7, 11) is 0. The highest BCUT2D eigenvalue weighted by Crippen LogP contribution is 2.44. The monoisotopic (exact) mass is 480 g/mol. The lowest BCUT2D eigenvalue weighted by molar-refractivity contribution is -0.137. The standard InChI is InChI=1S/C27H32N2O6/c1-2-24-17(13-14-34-24)15-28-26(32)23(11-12-25(30)31)29-27(33)35-16-22-20-9-5-3-7-18(20)19-8-4-6-10-21(19)22/h3-10,17,22-24H,2,11-16H2,1H3,(H,28,32)(H,29,33)(H,30,31). The second-order valence-electron chi connectivity index (χ2n) is 9.07. The average molecular weight is 481 g/mol. The number of carboxylic acids is 1. The lowest BCUT2D eigenvalue weighted by Crippen LogP contribution is -2.48. The molecule has 2 aromatic rings. The van der Waals surface area contributed by atoms with Crippen LogP contribution in [-0.2, 0) is 19.1 Å². The van der Waals surface area contributed by atoms with Crippen LogP contribution in [0.2, 0.25) is 0 Å². The van der Waals surface area contributed by atoms with Crippen LogP contribution in [0.1, 0.15) is 49.7 Å². The van der Waals surface area contributed by atoms with Gasteiger partial charge in [0.25, 0.3) is 0 Å². The number of hydrogen-bond donors (Lipinski definition) is 3. The van der Waals surface area contributed by atoms with Gasteiger partial charge in [-0.1, -0.05) is 55.5 Å². The number of carbonyl (C=O) groups excluding carboxylic acids is 2. The maximum Gasteiger partial charge on any atom is 0.407 e. The Hall–Kier alpha value is -3.39. The minimum atomic E-state index is -1.03. The van der Waals surface area contributed by atoms with E-state index in [1.807, 2.05) is 43.3 Å². The van der Waals surface area contributed by atoms with Crippen molar-refractivity contribution in [2.24, 2.45) is 5.92 Å². The third-order valence-corrected chi connectivity index (χ3v) is 6.89. The van der Waals surface area contributed by atoms with Gasteiger partial charge in [-0.2, -0.15) is 0 Å². The van der Waals surface area contributed by atoms with E-state index in [2.05, 4.69) is 22.8 Å². The predicted molar refractivity (Wildman–Crippen MR) is 130 cm³/mol. The maximum atomic E-state index is 12.8. The van der Waals surface area contributed by atoms with Crippen LogP contribution in [0.15, 0.2) is 48.5 Å². The zero-order valence-electron chi connectivity index (χ0n) is 19.9. The van der Waals surface area contributed by atoms with Crippen LogP contribution < -0.4 is 10.6 Å². The van der Waals surface area contributed by atoms with Crippen molar-refractivity contribution >= 4 is 18.0 Å². The first-order chi connectivity index (χ1) is 17.0. The van der Waals surface area contributed by atoms with Gasteiger partial charge in [-0.25, -0.2) is 4.79 Å². The van der Waals surface area contributed by atoms with Gasteiger partial charge in [0.2, 0.25) is 5.91 Å². The molecular formula is C27H32N2O6. The van der Waals surface area contributed by atoms with Crippen molar-refractivity contribution in [2.45, 2.75) is 50.7 Å². The Morgan fingerprint density at radius 1 is 1.09 bits per heavy atom. The van der Waals surface area contributed by atoms with Gasteiger partial charge in [-0.3, -0.25) is 9.59 Å². The Labute approximate surface area is 205 Å². The topological polar surface area (TPSA) is 114 Å². The van der Waals surface area contributed by atoms with Crippen LogP contribution in [0.5, 0.6) is 0 Å². The second-order valence-corrected chi connectivity index (χ2v) is 9.07. The van der Waals surface area contributed by atoms with Crippen molar-refractivity contribution in [1.29, 1.82) is 0 Å². The molecule has 8 nitrogen and oxygen atoms in total. The van der Waals surface area contributed by atoms with Crippen molar-refractivity contribution in [1.82, 2.24) is 10.6 Å². The third kappa shape index (κ3) is 5.82. The molecule has 1 aliphatic heterocycles. The highest BCUT2D eigenvalue weighted by molar-refractivity contribution is 5.86. The van der Waals surface area contributed by atoms with Gasteiger partial charge < -0.3 is 25.2 Å². The molecular weight excluding hydrogens is 448 g/mol. The van der Waals surface area contributed by atoms with Crippen molar-refractivity contribution in [3.63, 3.8) is 0 Å². The molecule has 3 unspecified atom stereocenters. The minimum absolute atomic E-state index is 0.0241. The Morgan fingerprint density at radius 3 is 2.37 bits per heavy atom. The lowest BCUT2D eigenvalue weighted by Gasteiger charge is -2.21. The minimum Gasteiger partial charge on any atom is -0.481 e. The Bertz CT molecular complexity index is 1030. The van der Waals surface area contributed by atoms with Gasteiger partial charge in [0.05, 0.1) is 6.10 Å². The SMILES string of the molecule is CCC1OCCC1CNC(=O)C(CCC(=O)O)NC(=O)OCC1c2ccccc2-c2ccccc21. The number of alkyl carbamates (subject to hydrolysis) is 1. The summed E-state index contributed by atoms with van der Waals surface area (Å²) >= 11 is 0. The van der Waals surface area contributed by atoms with Gasteiger partial charge in [0.1, 0.15) is 12.6 Å². The summed E-state index contributed by atoms with van der Waals surface area (Å²) in [6, 6.07) is 15.1. The third-order valence-electron chi connectivity index (χ3n) is 6.89. The van der Waals surface area contributed by atoms with E-state index < -0.39 is 24.0 Å². The highest BCUT2D eigenvalue weighted by atomic mass is 16.5. The molecule has 0 spiro atoms. The quantitative estimate of drug-likeness (QED) is 0.478. The molecule has 4 rings (SSSR count). The maximum absolute atomic E-state index is 12.8. The molecule has 1 fully saturated rings. The smallest absolute Gasteiger partial charge is 0.407 e. The van der Waals surface area contributed by atoms with Crippen LogP contribution in [-0.4, -0.2) is 55.0 Å². The molecule has 2 amide bonds. The number of hydrogen-bond acceptors (Lipinski definition) is 5. The van der Waals surface area contributed by atoms with Crippen molar-refractivity contribution in [3.05, 3.63) is 59.7 Å². The first-order valence-electron chi connectivity index (χ1n) is 12.2. The fourth-order valence-corrected chi connectivity index (χ4v) is 5.05. The van der Waals surface area contributed by atoms with Gasteiger partial charge in [-0.05, 0) is 41.5 Å². The van der Waals surface area contributed by atoms with Crippen LogP contribution >= 0.6 is 0 Å². The molecule has 0 bridgehead atoms. The number of benzene rings is 2. The van der Waals surface area contributed by atoms with Gasteiger partial charge in [-0.15, -0.1) is 0 Å². The van der Waals surface area contributed by atoms with E-state index in [4.69, 9.17) is 14.6 Å². The van der Waals surface area contributed by atoms with Crippen LogP contribution in [0.4, 0.5) is 4.79 Å². The van der Waals surface area contributed by atoms with Crippen LogP contribution in [0, 0.1) is 5.92 Å². The summed E-state index contributed by atoms with van der Waals surface area (Å²) in [5.41, 5.74) is 4.42. The van der Waals surface area contributed by atoms with Gasteiger partial charge in [0.15, 0.2) is 0 Å². The molecule has 2 aromatic carbocycles. The highest BCUT2D eigenvalue weighted by Gasteiger charge is 2.31. The zero-order chi connectivity index (χ0) is 24.8. The van der Waals surface area contributed by atoms with E-state index in [9.17, 15) is 14.4 Å². The van der Waals surface area contributed by atoms with Crippen LogP contribution in [0.3, 0.4) is 0 Å². The molecule has 2 aliphatic rings. The molecule has 1 aliphatic carbocycles. The molecule has 3 atom stereocenters. The predicted octanol–water partition coefficient (Wildman–Crippen LogP) is 3.69. The van der Waals surface area contributed by atoms with E-state index in [0.29, 0.717) is 13.2 Å². The van der Waals surface area contributed by atoms with Gasteiger partial charge >= 0.3 is 12.1 Å². The second kappa shape index (κ2) is 11.4. The number of ether oxygens (including phenoxy) is 2. The van der Waals surface area contributed by atoms with E-state index in [-0.39, 0.29) is 37.4 Å². The first kappa shape index (κ1) is 24.7. The zero-order valence-corrected chi connectivity index (χ0v) is 19.9. The fraction of sp³-hybridized carbons (Fsp3) is 0.444. The molecule has 0 radical (unpaired) electrons. The summed E-state index contributed by atoms with van der Waals surface area (Å²) in [5.74, 6) is -1.35. The fourth-order valence-electron chi connectivity index (χ4n) is 5.05. The van der Waals surface area contributed by atoms with Crippen molar-refractivity contribution in [3.8, 4) is 11.1 Å². The molecule has 35 heavy (non-hydrogen) atoms. The number of carboxylic acid groups (broad SMARTS) is 1. The van der Waals surface area contributed by atoms with E-state index in [1.165, 1.54) is 0 Å². The Morgan fingerprint density at radius 2 is 1.74 bits per heavy atom. The summed E-state index contributed by atoms with van der Waals surface area (Å²) in [6.07, 6.45) is 0.811. The molecule has 8 heteroatoms. The Kier molecular flexibility index (Phi) is 8.02. The van der Waals surface area contributed by atoms with Crippen molar-refractivity contribution in [2.75, 3.05) is 19.8 Å². The molecule has 186 valence electrons. The number of aliphatic carboxylic acids is 1. The number of fused-ring (bicyclic) bond motifs is 3. The summed E-state index contributed by atoms with van der Waals surface area (Å²) in [5, 5.41) is 14.5. The summed E-state index contributed by atoms with van der Waals surface area (Å²) in [4.78, 5) is 36.6. The first-order valence-corrected chi connectivity index (χ1v) is 12.2. The number of amides is 2. The number of nitrogens with one attached hydrogen (secondary N) is 2. The largest absolute Gasteiger partial charge is 0.481 e. The molecule has 1 saturated heterocycles. The molecule has 1 heterocycles. The Balaban J connectivity index is 1.36. The van der Waals surface area contributed by atoms with E-state index in [1.54, 1.807) is 0 Å². The summed E-state index contributed by atoms with van der Waals surface area (Å²) in [6.45, 7) is 3.25. The normalized spacial score (nSPS) is 19.5.